The molecule has 25 heavy (non-hydrogen) atoms. The summed E-state index contributed by atoms with van der Waals surface area (Å²) in [7, 11) is 2.24. The third kappa shape index (κ3) is 3.92. The predicted molar refractivity (Wildman–Crippen MR) is 92.1 cm³/mol. The maximum absolute atomic E-state index is 12.5. The summed E-state index contributed by atoms with van der Waals surface area (Å²) in [5.41, 5.74) is 0.803. The fraction of sp³-hybridized carbons (Fsp3) is 0.550. The van der Waals surface area contributed by atoms with Gasteiger partial charge in [0.2, 0.25) is 0 Å². The number of carbonyl (C=O) groups is 1. The summed E-state index contributed by atoms with van der Waals surface area (Å²) < 4.78 is 6.71. The van der Waals surface area contributed by atoms with Gasteiger partial charge in [-0.25, -0.2) is 0 Å². The lowest BCUT2D eigenvalue weighted by molar-refractivity contribution is -0.943. The van der Waals surface area contributed by atoms with Crippen LogP contribution >= 0.6 is 0 Å². The standard InChI is InChI=1S/C20H26NO3.BrH/c1-3-11-21(2)16-9-10-17(21)13-18(12-16)24-20(23)19(14-22)15-7-5-4-6-8-15;/h1,4-8,16-19,22H,9-14H2,2H3;1H/q+1;/p-1. The first-order chi connectivity index (χ1) is 11.6. The average molecular weight is 408 g/mol. The average Bonchev–Trinajstić information content (AvgIpc) is 2.75. The first kappa shape index (κ1) is 20.0. The first-order valence-electron chi connectivity index (χ1n) is 8.73. The Morgan fingerprint density at radius 1 is 1.32 bits per heavy atom. The van der Waals surface area contributed by atoms with E-state index in [-0.39, 0.29) is 35.7 Å². The summed E-state index contributed by atoms with van der Waals surface area (Å²) in [6.07, 6.45) is 9.54. The zero-order valence-electron chi connectivity index (χ0n) is 14.6. The van der Waals surface area contributed by atoms with Crippen molar-refractivity contribution in [1.29, 1.82) is 0 Å². The molecule has 4 nitrogen and oxygen atoms in total. The van der Waals surface area contributed by atoms with E-state index in [0.29, 0.717) is 12.1 Å². The fourth-order valence-corrected chi connectivity index (χ4v) is 4.49. The van der Waals surface area contributed by atoms with Crippen molar-refractivity contribution in [3.05, 3.63) is 35.9 Å². The Balaban J connectivity index is 0.00000225. The fourth-order valence-electron chi connectivity index (χ4n) is 4.49. The van der Waals surface area contributed by atoms with Gasteiger partial charge >= 0.3 is 5.97 Å². The number of hydrogen-bond acceptors (Lipinski definition) is 3. The number of halogens is 1. The Hall–Kier alpha value is -1.35. The van der Waals surface area contributed by atoms with E-state index in [1.54, 1.807) is 0 Å². The SMILES string of the molecule is C#CC[N+]1(C)C2CCC1CC(OC(=O)C(CO)c1ccccc1)C2.[Br-]. The number of ether oxygens (including phenoxy) is 1. The normalized spacial score (nSPS) is 31.5. The number of fused-ring (bicyclic) bond motifs is 2. The number of benzene rings is 1. The number of aliphatic hydroxyl groups is 1. The largest absolute Gasteiger partial charge is 1.00 e. The highest BCUT2D eigenvalue weighted by atomic mass is 79.9. The molecule has 1 aromatic carbocycles. The van der Waals surface area contributed by atoms with Crippen molar-refractivity contribution >= 4 is 5.97 Å². The van der Waals surface area contributed by atoms with Crippen molar-refractivity contribution < 1.29 is 36.1 Å². The van der Waals surface area contributed by atoms with Crippen LogP contribution in [-0.4, -0.2) is 53.9 Å². The number of aliphatic hydroxyl groups excluding tert-OH is 1. The number of rotatable bonds is 5. The van der Waals surface area contributed by atoms with E-state index < -0.39 is 5.92 Å². The van der Waals surface area contributed by atoms with Crippen molar-refractivity contribution in [2.24, 2.45) is 0 Å². The molecule has 3 atom stereocenters. The summed E-state index contributed by atoms with van der Waals surface area (Å²) in [6.45, 7) is 0.520. The number of quaternary nitrogens is 1. The van der Waals surface area contributed by atoms with Gasteiger partial charge in [0, 0.05) is 25.7 Å². The Morgan fingerprint density at radius 3 is 2.44 bits per heavy atom. The van der Waals surface area contributed by atoms with Crippen LogP contribution in [0.3, 0.4) is 0 Å². The molecule has 136 valence electrons. The van der Waals surface area contributed by atoms with Crippen LogP contribution < -0.4 is 17.0 Å². The highest BCUT2D eigenvalue weighted by molar-refractivity contribution is 5.78. The number of terminal acetylenes is 1. The second kappa shape index (κ2) is 8.35. The summed E-state index contributed by atoms with van der Waals surface area (Å²) in [6, 6.07) is 10.3. The third-order valence-corrected chi connectivity index (χ3v) is 5.96. The molecule has 5 heteroatoms. The second-order valence-electron chi connectivity index (χ2n) is 7.27. The van der Waals surface area contributed by atoms with Crippen LogP contribution in [0.2, 0.25) is 0 Å². The third-order valence-electron chi connectivity index (χ3n) is 5.96. The minimum atomic E-state index is -0.600. The Bertz CT molecular complexity index is 614. The molecular weight excluding hydrogens is 382 g/mol. The number of carbonyl (C=O) groups excluding carboxylic acids is 1. The van der Waals surface area contributed by atoms with E-state index >= 15 is 0 Å². The van der Waals surface area contributed by atoms with Crippen molar-refractivity contribution in [3.8, 4) is 12.3 Å². The molecule has 2 aliphatic heterocycles. The lowest BCUT2D eigenvalue weighted by Crippen LogP contribution is -3.00. The molecule has 0 spiro atoms. The van der Waals surface area contributed by atoms with Gasteiger partial charge in [-0.3, -0.25) is 4.79 Å². The maximum Gasteiger partial charge on any atom is 0.316 e. The van der Waals surface area contributed by atoms with Crippen molar-refractivity contribution in [2.75, 3.05) is 20.2 Å². The van der Waals surface area contributed by atoms with Gasteiger partial charge in [0.05, 0.1) is 25.7 Å². The van der Waals surface area contributed by atoms with Crippen LogP contribution in [0.15, 0.2) is 30.3 Å². The quantitative estimate of drug-likeness (QED) is 0.390. The molecule has 2 saturated heterocycles. The molecule has 0 amide bonds. The smallest absolute Gasteiger partial charge is 0.316 e. The molecule has 0 aliphatic carbocycles. The zero-order chi connectivity index (χ0) is 17.2. The van der Waals surface area contributed by atoms with Crippen LogP contribution in [-0.2, 0) is 9.53 Å². The molecule has 3 rings (SSSR count). The summed E-state index contributed by atoms with van der Waals surface area (Å²) in [5.74, 6) is 1.90. The van der Waals surface area contributed by atoms with Crippen LogP contribution in [0.25, 0.3) is 0 Å². The summed E-state index contributed by atoms with van der Waals surface area (Å²) >= 11 is 0. The first-order valence-corrected chi connectivity index (χ1v) is 8.73. The molecule has 2 bridgehead atoms. The van der Waals surface area contributed by atoms with Crippen LogP contribution in [0.5, 0.6) is 0 Å². The molecule has 1 aromatic rings. The second-order valence-corrected chi connectivity index (χ2v) is 7.27. The molecule has 2 aliphatic rings. The van der Waals surface area contributed by atoms with Crippen LogP contribution in [0.1, 0.15) is 37.2 Å². The van der Waals surface area contributed by atoms with Gasteiger partial charge in [-0.2, -0.15) is 0 Å². The Kier molecular flexibility index (Phi) is 6.67. The molecule has 2 heterocycles. The predicted octanol–water partition coefficient (Wildman–Crippen LogP) is -0.917. The number of nitrogens with zero attached hydrogens (tertiary/aromatic N) is 1. The highest BCUT2D eigenvalue weighted by Gasteiger charge is 2.52. The molecule has 2 fully saturated rings. The molecule has 0 radical (unpaired) electrons. The molecular formula is C20H26BrNO3. The summed E-state index contributed by atoms with van der Waals surface area (Å²) in [4.78, 5) is 12.5. The van der Waals surface area contributed by atoms with Gasteiger partial charge in [0.1, 0.15) is 18.6 Å². The minimum absolute atomic E-state index is 0. The van der Waals surface area contributed by atoms with Gasteiger partial charge in [0.15, 0.2) is 0 Å². The van der Waals surface area contributed by atoms with Crippen molar-refractivity contribution in [1.82, 2.24) is 0 Å². The highest BCUT2D eigenvalue weighted by Crippen LogP contribution is 2.42. The van der Waals surface area contributed by atoms with E-state index in [1.165, 1.54) is 0 Å². The topological polar surface area (TPSA) is 46.5 Å². The van der Waals surface area contributed by atoms with Crippen molar-refractivity contribution in [2.45, 2.75) is 49.8 Å². The maximum atomic E-state index is 12.5. The zero-order valence-corrected chi connectivity index (χ0v) is 16.2. The monoisotopic (exact) mass is 407 g/mol. The van der Waals surface area contributed by atoms with Gasteiger partial charge in [-0.1, -0.05) is 30.3 Å². The lowest BCUT2D eigenvalue weighted by Gasteiger charge is -2.45. The van der Waals surface area contributed by atoms with Crippen LogP contribution in [0.4, 0.5) is 0 Å². The van der Waals surface area contributed by atoms with E-state index in [2.05, 4.69) is 13.0 Å². The lowest BCUT2D eigenvalue weighted by atomic mass is 9.96. The van der Waals surface area contributed by atoms with E-state index in [4.69, 9.17) is 11.2 Å². The van der Waals surface area contributed by atoms with Gasteiger partial charge in [-0.15, -0.1) is 6.42 Å². The number of piperidine rings is 1. The summed E-state index contributed by atoms with van der Waals surface area (Å²) in [5, 5.41) is 9.62. The van der Waals surface area contributed by atoms with E-state index in [0.717, 1.165) is 42.3 Å². The Morgan fingerprint density at radius 2 is 1.92 bits per heavy atom. The Labute approximate surface area is 160 Å². The van der Waals surface area contributed by atoms with Gasteiger partial charge in [-0.05, 0) is 11.5 Å². The van der Waals surface area contributed by atoms with Crippen LogP contribution in [0, 0.1) is 12.3 Å². The number of hydrogen-bond donors (Lipinski definition) is 1. The molecule has 0 aromatic heterocycles. The van der Waals surface area contributed by atoms with Gasteiger partial charge < -0.3 is 31.3 Å². The molecule has 0 saturated carbocycles. The number of esters is 1. The van der Waals surface area contributed by atoms with Gasteiger partial charge in [0.25, 0.3) is 0 Å². The van der Waals surface area contributed by atoms with Crippen molar-refractivity contribution in [3.63, 3.8) is 0 Å². The van der Waals surface area contributed by atoms with E-state index in [9.17, 15) is 9.90 Å². The molecule has 3 unspecified atom stereocenters. The minimum Gasteiger partial charge on any atom is -1.00 e. The van der Waals surface area contributed by atoms with E-state index in [1.807, 2.05) is 30.3 Å². The molecule has 1 N–H and O–H groups in total.